The second kappa shape index (κ2) is 5.62. The molecule has 0 radical (unpaired) electrons. The average Bonchev–Trinajstić information content (AvgIpc) is 2.58. The van der Waals surface area contributed by atoms with Gasteiger partial charge in [0.15, 0.2) is 0 Å². The first-order chi connectivity index (χ1) is 11.8. The third-order valence-electron chi connectivity index (χ3n) is 5.27. The van der Waals surface area contributed by atoms with Crippen molar-refractivity contribution in [2.24, 2.45) is 0 Å². The summed E-state index contributed by atoms with van der Waals surface area (Å²) in [5, 5.41) is 2.60. The van der Waals surface area contributed by atoms with E-state index in [2.05, 4.69) is 83.1 Å². The lowest BCUT2D eigenvalue weighted by molar-refractivity contribution is 0.302. The highest BCUT2D eigenvalue weighted by molar-refractivity contribution is 5.91. The summed E-state index contributed by atoms with van der Waals surface area (Å²) in [6, 6.07) is 18.1. The van der Waals surface area contributed by atoms with Crippen LogP contribution in [0, 0.1) is 0 Å². The number of rotatable bonds is 1. The molecule has 0 aliphatic carbocycles. The van der Waals surface area contributed by atoms with E-state index in [9.17, 15) is 0 Å². The van der Waals surface area contributed by atoms with Gasteiger partial charge in [0, 0.05) is 5.56 Å². The minimum Gasteiger partial charge on any atom is -0.488 e. The van der Waals surface area contributed by atoms with E-state index >= 15 is 0 Å². The lowest BCUT2D eigenvalue weighted by Gasteiger charge is -2.24. The SMILES string of the molecule is CC(C)c1ccc2c(c1)OCc1cc3cc(C(C)(C)C)ccc3cc1-2. The average molecular weight is 330 g/mol. The Morgan fingerprint density at radius 3 is 2.36 bits per heavy atom. The monoisotopic (exact) mass is 330 g/mol. The summed E-state index contributed by atoms with van der Waals surface area (Å²) >= 11 is 0. The van der Waals surface area contributed by atoms with Gasteiger partial charge in [0.25, 0.3) is 0 Å². The third kappa shape index (κ3) is 2.82. The van der Waals surface area contributed by atoms with Crippen LogP contribution in [0.3, 0.4) is 0 Å². The predicted molar refractivity (Wildman–Crippen MR) is 107 cm³/mol. The first kappa shape index (κ1) is 16.2. The normalized spacial score (nSPS) is 13.5. The standard InChI is InChI=1S/C24H26O/c1-15(2)16-7-9-21-22-12-17-6-8-20(24(3,4)5)11-18(17)10-19(22)14-25-23(21)13-16/h6-13,15H,14H2,1-5H3. The number of hydrogen-bond acceptors (Lipinski definition) is 1. The van der Waals surface area contributed by atoms with Gasteiger partial charge in [-0.3, -0.25) is 0 Å². The molecule has 128 valence electrons. The number of ether oxygens (including phenoxy) is 1. The van der Waals surface area contributed by atoms with Gasteiger partial charge in [-0.25, -0.2) is 0 Å². The summed E-state index contributed by atoms with van der Waals surface area (Å²) in [5.74, 6) is 1.53. The zero-order chi connectivity index (χ0) is 17.8. The lowest BCUT2D eigenvalue weighted by atomic mass is 9.85. The van der Waals surface area contributed by atoms with E-state index in [1.807, 2.05) is 0 Å². The summed E-state index contributed by atoms with van der Waals surface area (Å²) in [7, 11) is 0. The van der Waals surface area contributed by atoms with Crippen molar-refractivity contribution < 1.29 is 4.74 Å². The molecule has 0 unspecified atom stereocenters. The zero-order valence-electron chi connectivity index (χ0n) is 15.8. The molecule has 3 aromatic rings. The molecule has 1 nitrogen and oxygen atoms in total. The van der Waals surface area contributed by atoms with Crippen LogP contribution in [0.1, 0.15) is 57.2 Å². The molecule has 1 aliphatic heterocycles. The number of benzene rings is 3. The Labute approximate surface area is 150 Å². The van der Waals surface area contributed by atoms with E-state index in [4.69, 9.17) is 4.74 Å². The molecule has 0 amide bonds. The van der Waals surface area contributed by atoms with Crippen LogP contribution in [0.5, 0.6) is 5.75 Å². The molecule has 1 aliphatic rings. The van der Waals surface area contributed by atoms with Gasteiger partial charge >= 0.3 is 0 Å². The highest BCUT2D eigenvalue weighted by Gasteiger charge is 2.20. The van der Waals surface area contributed by atoms with Crippen molar-refractivity contribution in [2.75, 3.05) is 0 Å². The summed E-state index contributed by atoms with van der Waals surface area (Å²) in [4.78, 5) is 0. The minimum absolute atomic E-state index is 0.167. The highest BCUT2D eigenvalue weighted by atomic mass is 16.5. The van der Waals surface area contributed by atoms with E-state index in [1.54, 1.807) is 0 Å². The molecular weight excluding hydrogens is 304 g/mol. The maximum Gasteiger partial charge on any atom is 0.127 e. The Hall–Kier alpha value is -2.28. The fraction of sp³-hybridized carbons (Fsp3) is 0.333. The molecule has 0 bridgehead atoms. The lowest BCUT2D eigenvalue weighted by Crippen LogP contribution is -2.11. The van der Waals surface area contributed by atoms with Gasteiger partial charge in [-0.2, -0.15) is 0 Å². The van der Waals surface area contributed by atoms with E-state index in [0.717, 1.165) is 5.75 Å². The van der Waals surface area contributed by atoms with Crippen molar-refractivity contribution in [1.29, 1.82) is 0 Å². The van der Waals surface area contributed by atoms with Gasteiger partial charge in [-0.15, -0.1) is 0 Å². The minimum atomic E-state index is 0.167. The molecular formula is C24H26O. The van der Waals surface area contributed by atoms with Crippen molar-refractivity contribution in [1.82, 2.24) is 0 Å². The Morgan fingerprint density at radius 2 is 1.64 bits per heavy atom. The Bertz CT molecular complexity index is 958. The Kier molecular flexibility index (Phi) is 3.64. The van der Waals surface area contributed by atoms with Crippen LogP contribution in [0.15, 0.2) is 48.5 Å². The van der Waals surface area contributed by atoms with Crippen LogP contribution >= 0.6 is 0 Å². The van der Waals surface area contributed by atoms with Crippen molar-refractivity contribution in [3.8, 4) is 16.9 Å². The van der Waals surface area contributed by atoms with Crippen LogP contribution < -0.4 is 4.74 Å². The quantitative estimate of drug-likeness (QED) is 0.475. The summed E-state index contributed by atoms with van der Waals surface area (Å²) in [6.07, 6.45) is 0. The first-order valence-corrected chi connectivity index (χ1v) is 9.17. The molecule has 0 spiro atoms. The van der Waals surface area contributed by atoms with Crippen LogP contribution in [0.2, 0.25) is 0 Å². The van der Waals surface area contributed by atoms with Crippen molar-refractivity contribution >= 4 is 10.8 Å². The zero-order valence-corrected chi connectivity index (χ0v) is 15.8. The van der Waals surface area contributed by atoms with Crippen molar-refractivity contribution in [3.05, 3.63) is 65.2 Å². The molecule has 0 fully saturated rings. The molecule has 0 N–H and O–H groups in total. The van der Waals surface area contributed by atoms with Gasteiger partial charge in [0.05, 0.1) is 0 Å². The molecule has 0 aromatic heterocycles. The number of hydrogen-bond donors (Lipinski definition) is 0. The largest absolute Gasteiger partial charge is 0.488 e. The first-order valence-electron chi connectivity index (χ1n) is 9.17. The third-order valence-corrected chi connectivity index (χ3v) is 5.27. The predicted octanol–water partition coefficient (Wildman–Crippen LogP) is 6.82. The van der Waals surface area contributed by atoms with Crippen molar-refractivity contribution in [2.45, 2.75) is 52.6 Å². The van der Waals surface area contributed by atoms with Crippen LogP contribution in [-0.2, 0) is 12.0 Å². The van der Waals surface area contributed by atoms with Crippen LogP contribution in [0.25, 0.3) is 21.9 Å². The highest BCUT2D eigenvalue weighted by Crippen LogP contribution is 2.41. The Morgan fingerprint density at radius 1 is 0.840 bits per heavy atom. The van der Waals surface area contributed by atoms with Gasteiger partial charge in [0.1, 0.15) is 12.4 Å². The van der Waals surface area contributed by atoms with E-state index in [0.29, 0.717) is 12.5 Å². The fourth-order valence-electron chi connectivity index (χ4n) is 3.58. The molecule has 0 atom stereocenters. The van der Waals surface area contributed by atoms with Crippen molar-refractivity contribution in [3.63, 3.8) is 0 Å². The van der Waals surface area contributed by atoms with Gasteiger partial charge in [0.2, 0.25) is 0 Å². The number of fused-ring (bicyclic) bond motifs is 4. The summed E-state index contributed by atoms with van der Waals surface area (Å²) < 4.78 is 6.09. The maximum atomic E-state index is 6.09. The molecule has 25 heavy (non-hydrogen) atoms. The molecule has 3 aromatic carbocycles. The van der Waals surface area contributed by atoms with E-state index in [1.165, 1.54) is 38.6 Å². The molecule has 4 rings (SSSR count). The van der Waals surface area contributed by atoms with E-state index in [-0.39, 0.29) is 5.41 Å². The van der Waals surface area contributed by atoms with Crippen LogP contribution in [0.4, 0.5) is 0 Å². The summed E-state index contributed by atoms with van der Waals surface area (Å²) in [6.45, 7) is 11.9. The molecule has 0 saturated carbocycles. The smallest absolute Gasteiger partial charge is 0.127 e. The van der Waals surface area contributed by atoms with Gasteiger partial charge < -0.3 is 4.74 Å². The molecule has 1 heterocycles. The maximum absolute atomic E-state index is 6.09. The fourth-order valence-corrected chi connectivity index (χ4v) is 3.58. The Balaban J connectivity index is 1.86. The van der Waals surface area contributed by atoms with E-state index < -0.39 is 0 Å². The topological polar surface area (TPSA) is 9.23 Å². The van der Waals surface area contributed by atoms with Gasteiger partial charge in [-0.1, -0.05) is 65.0 Å². The van der Waals surface area contributed by atoms with Gasteiger partial charge in [-0.05, 0) is 62.6 Å². The molecule has 1 heteroatoms. The molecule has 0 saturated heterocycles. The van der Waals surface area contributed by atoms with Crippen LogP contribution in [-0.4, -0.2) is 0 Å². The second-order valence-corrected chi connectivity index (χ2v) is 8.52. The summed E-state index contributed by atoms with van der Waals surface area (Å²) in [5.41, 5.74) is 6.68. The second-order valence-electron chi connectivity index (χ2n) is 8.52.